The lowest BCUT2D eigenvalue weighted by atomic mass is 10.2. The molecule has 0 saturated carbocycles. The van der Waals surface area contributed by atoms with Crippen molar-refractivity contribution in [3.63, 3.8) is 0 Å². The van der Waals surface area contributed by atoms with Crippen molar-refractivity contribution in [3.8, 4) is 34.5 Å². The SMILES string of the molecule is CCOc1cc(C=NN=Cc2cc(OCC)c(O)c(OCC)c2)cc(OCC)c1O. The van der Waals surface area contributed by atoms with Gasteiger partial charge >= 0.3 is 0 Å². The molecule has 0 aliphatic carbocycles. The van der Waals surface area contributed by atoms with Crippen molar-refractivity contribution in [1.82, 2.24) is 0 Å². The fourth-order valence-corrected chi connectivity index (χ4v) is 2.62. The van der Waals surface area contributed by atoms with Gasteiger partial charge in [-0.05, 0) is 52.0 Å². The van der Waals surface area contributed by atoms with E-state index in [0.29, 0.717) is 60.6 Å². The quantitative estimate of drug-likeness (QED) is 0.422. The van der Waals surface area contributed by atoms with Crippen LogP contribution >= 0.6 is 0 Å². The maximum atomic E-state index is 10.2. The molecule has 0 radical (unpaired) electrons. The van der Waals surface area contributed by atoms with E-state index >= 15 is 0 Å². The number of phenols is 2. The number of ether oxygens (including phenoxy) is 4. The Hall–Kier alpha value is -3.42. The van der Waals surface area contributed by atoms with Gasteiger partial charge in [0.2, 0.25) is 11.5 Å². The van der Waals surface area contributed by atoms with Crippen LogP contribution in [0.25, 0.3) is 0 Å². The Morgan fingerprint density at radius 2 is 0.867 bits per heavy atom. The summed E-state index contributed by atoms with van der Waals surface area (Å²) in [6.07, 6.45) is 3.04. The van der Waals surface area contributed by atoms with Gasteiger partial charge in [-0.15, -0.1) is 0 Å². The Bertz CT molecular complexity index is 768. The smallest absolute Gasteiger partial charge is 0.200 e. The van der Waals surface area contributed by atoms with Gasteiger partial charge < -0.3 is 29.2 Å². The van der Waals surface area contributed by atoms with Crippen LogP contribution in [0.4, 0.5) is 0 Å². The van der Waals surface area contributed by atoms with Crippen LogP contribution in [-0.2, 0) is 0 Å². The van der Waals surface area contributed by atoms with Gasteiger partial charge in [0.25, 0.3) is 0 Å². The lowest BCUT2D eigenvalue weighted by molar-refractivity contribution is 0.289. The van der Waals surface area contributed by atoms with Gasteiger partial charge in [-0.1, -0.05) is 0 Å². The number of rotatable bonds is 11. The van der Waals surface area contributed by atoms with Crippen LogP contribution in [0.2, 0.25) is 0 Å². The van der Waals surface area contributed by atoms with Crippen molar-refractivity contribution < 1.29 is 29.2 Å². The third-order valence-electron chi connectivity index (χ3n) is 3.80. The maximum absolute atomic E-state index is 10.2. The van der Waals surface area contributed by atoms with Crippen LogP contribution in [0.1, 0.15) is 38.8 Å². The summed E-state index contributed by atoms with van der Waals surface area (Å²) in [5.41, 5.74) is 1.32. The highest BCUT2D eigenvalue weighted by Crippen LogP contribution is 2.38. The minimum atomic E-state index is -0.0460. The van der Waals surface area contributed by atoms with Crippen LogP contribution in [0.15, 0.2) is 34.5 Å². The standard InChI is InChI=1S/C22H28N2O6/c1-5-27-17-9-15(10-18(21(17)25)28-6-2)13-23-24-14-16-11-19(29-7-3)22(26)20(12-16)30-8-4/h9-14,25-26H,5-8H2,1-4H3. The normalized spacial score (nSPS) is 11.2. The zero-order valence-electron chi connectivity index (χ0n) is 17.7. The number of hydrogen-bond donors (Lipinski definition) is 2. The third-order valence-corrected chi connectivity index (χ3v) is 3.80. The third kappa shape index (κ3) is 6.04. The lowest BCUT2D eigenvalue weighted by Gasteiger charge is -2.12. The van der Waals surface area contributed by atoms with Crippen molar-refractivity contribution in [1.29, 1.82) is 0 Å². The molecule has 0 spiro atoms. The van der Waals surface area contributed by atoms with Crippen LogP contribution in [-0.4, -0.2) is 49.1 Å². The maximum Gasteiger partial charge on any atom is 0.200 e. The molecule has 0 aliphatic heterocycles. The van der Waals surface area contributed by atoms with E-state index in [1.54, 1.807) is 24.3 Å². The van der Waals surface area contributed by atoms with E-state index in [1.807, 2.05) is 27.7 Å². The Morgan fingerprint density at radius 1 is 0.600 bits per heavy atom. The molecule has 0 saturated heterocycles. The minimum absolute atomic E-state index is 0.0460. The first-order valence-corrected chi connectivity index (χ1v) is 9.85. The largest absolute Gasteiger partial charge is 0.502 e. The van der Waals surface area contributed by atoms with E-state index in [4.69, 9.17) is 18.9 Å². The highest BCUT2D eigenvalue weighted by molar-refractivity contribution is 5.85. The minimum Gasteiger partial charge on any atom is -0.502 e. The van der Waals surface area contributed by atoms with Crippen LogP contribution < -0.4 is 18.9 Å². The van der Waals surface area contributed by atoms with Crippen molar-refractivity contribution >= 4 is 12.4 Å². The second kappa shape index (κ2) is 11.5. The van der Waals surface area contributed by atoms with E-state index < -0.39 is 0 Å². The molecule has 2 aromatic carbocycles. The monoisotopic (exact) mass is 416 g/mol. The highest BCUT2D eigenvalue weighted by Gasteiger charge is 2.12. The second-order valence-corrected chi connectivity index (χ2v) is 5.95. The Morgan fingerprint density at radius 3 is 1.10 bits per heavy atom. The molecule has 0 heterocycles. The molecule has 0 fully saturated rings. The second-order valence-electron chi connectivity index (χ2n) is 5.95. The van der Waals surface area contributed by atoms with Crippen LogP contribution in [0, 0.1) is 0 Å². The van der Waals surface area contributed by atoms with Gasteiger partial charge in [0.05, 0.1) is 38.9 Å². The fraction of sp³-hybridized carbons (Fsp3) is 0.364. The lowest BCUT2D eigenvalue weighted by Crippen LogP contribution is -1.98. The first-order valence-electron chi connectivity index (χ1n) is 9.85. The number of aromatic hydroxyl groups is 2. The van der Waals surface area contributed by atoms with Gasteiger partial charge in [-0.2, -0.15) is 10.2 Å². The Labute approximate surface area is 176 Å². The Kier molecular flexibility index (Phi) is 8.80. The van der Waals surface area contributed by atoms with Gasteiger partial charge in [0, 0.05) is 11.1 Å². The molecule has 2 aromatic rings. The molecule has 8 heteroatoms. The van der Waals surface area contributed by atoms with Gasteiger partial charge in [-0.25, -0.2) is 0 Å². The summed E-state index contributed by atoms with van der Waals surface area (Å²) in [6, 6.07) is 6.62. The molecule has 2 N–H and O–H groups in total. The molecule has 0 unspecified atom stereocenters. The zero-order valence-corrected chi connectivity index (χ0v) is 17.7. The summed E-state index contributed by atoms with van der Waals surface area (Å²) in [5.74, 6) is 1.17. The molecule has 2 rings (SSSR count). The number of nitrogens with zero attached hydrogens (tertiary/aromatic N) is 2. The molecular formula is C22H28N2O6. The zero-order chi connectivity index (χ0) is 21.9. The van der Waals surface area contributed by atoms with Crippen molar-refractivity contribution in [2.24, 2.45) is 10.2 Å². The predicted octanol–water partition coefficient (Wildman–Crippen LogP) is 4.15. The summed E-state index contributed by atoms with van der Waals surface area (Å²) in [4.78, 5) is 0. The van der Waals surface area contributed by atoms with Crippen LogP contribution in [0.5, 0.6) is 34.5 Å². The van der Waals surface area contributed by atoms with Gasteiger partial charge in [-0.3, -0.25) is 0 Å². The average molecular weight is 416 g/mol. The van der Waals surface area contributed by atoms with Crippen LogP contribution in [0.3, 0.4) is 0 Å². The van der Waals surface area contributed by atoms with Crippen molar-refractivity contribution in [3.05, 3.63) is 35.4 Å². The van der Waals surface area contributed by atoms with E-state index in [2.05, 4.69) is 10.2 Å². The number of hydrogen-bond acceptors (Lipinski definition) is 8. The molecule has 30 heavy (non-hydrogen) atoms. The Balaban J connectivity index is 2.25. The molecule has 8 nitrogen and oxygen atoms in total. The number of benzene rings is 2. The summed E-state index contributed by atoms with van der Waals surface area (Å²) >= 11 is 0. The average Bonchev–Trinajstić information content (AvgIpc) is 2.72. The first-order chi connectivity index (χ1) is 14.5. The summed E-state index contributed by atoms with van der Waals surface area (Å²) in [6.45, 7) is 8.94. The van der Waals surface area contributed by atoms with E-state index in [9.17, 15) is 10.2 Å². The molecule has 162 valence electrons. The van der Waals surface area contributed by atoms with E-state index in [1.165, 1.54) is 12.4 Å². The summed E-state index contributed by atoms with van der Waals surface area (Å²) in [5, 5.41) is 28.5. The molecular weight excluding hydrogens is 388 g/mol. The van der Waals surface area contributed by atoms with Crippen molar-refractivity contribution in [2.45, 2.75) is 27.7 Å². The molecule has 0 aromatic heterocycles. The van der Waals surface area contributed by atoms with Gasteiger partial charge in [0.1, 0.15) is 0 Å². The molecule has 0 bridgehead atoms. The predicted molar refractivity (Wildman–Crippen MR) is 116 cm³/mol. The molecule has 0 amide bonds. The highest BCUT2D eigenvalue weighted by atomic mass is 16.5. The first kappa shape index (κ1) is 22.9. The van der Waals surface area contributed by atoms with E-state index in [-0.39, 0.29) is 11.5 Å². The van der Waals surface area contributed by atoms with E-state index in [0.717, 1.165) is 0 Å². The summed E-state index contributed by atoms with van der Waals surface area (Å²) in [7, 11) is 0. The summed E-state index contributed by atoms with van der Waals surface area (Å²) < 4.78 is 21.8. The molecule has 0 atom stereocenters. The van der Waals surface area contributed by atoms with Gasteiger partial charge in [0.15, 0.2) is 23.0 Å². The fourth-order valence-electron chi connectivity index (χ4n) is 2.62. The molecule has 0 aliphatic rings. The topological polar surface area (TPSA) is 102 Å². The number of phenolic OH excluding ortho intramolecular Hbond substituents is 2. The van der Waals surface area contributed by atoms with Crippen molar-refractivity contribution in [2.75, 3.05) is 26.4 Å².